The summed E-state index contributed by atoms with van der Waals surface area (Å²) >= 11 is 0. The lowest BCUT2D eigenvalue weighted by Gasteiger charge is -2.15. The van der Waals surface area contributed by atoms with Crippen molar-refractivity contribution in [1.29, 1.82) is 0 Å². The van der Waals surface area contributed by atoms with Crippen molar-refractivity contribution in [2.24, 2.45) is 0 Å². The highest BCUT2D eigenvalue weighted by Gasteiger charge is 2.17. The first-order valence-corrected chi connectivity index (χ1v) is 7.82. The van der Waals surface area contributed by atoms with Gasteiger partial charge in [0.2, 0.25) is 0 Å². The van der Waals surface area contributed by atoms with E-state index in [-0.39, 0.29) is 29.9 Å². The summed E-state index contributed by atoms with van der Waals surface area (Å²) in [6.45, 7) is 6.58. The molecule has 0 aliphatic carbocycles. The van der Waals surface area contributed by atoms with Crippen molar-refractivity contribution in [3.05, 3.63) is 29.3 Å². The molecule has 0 saturated heterocycles. The monoisotopic (exact) mass is 339 g/mol. The maximum atomic E-state index is 12.1. The third-order valence-corrected chi connectivity index (χ3v) is 2.84. The molecule has 0 aliphatic heterocycles. The molecule has 0 amide bonds. The van der Waals surface area contributed by atoms with Crippen LogP contribution in [0.15, 0.2) is 18.2 Å². The van der Waals surface area contributed by atoms with Gasteiger partial charge in [-0.1, -0.05) is 0 Å². The molecule has 1 aromatic rings. The van der Waals surface area contributed by atoms with Gasteiger partial charge in [0, 0.05) is 12.2 Å². The van der Waals surface area contributed by atoms with Gasteiger partial charge in [0.15, 0.2) is 0 Å². The average molecular weight is 339 g/mol. The van der Waals surface area contributed by atoms with Gasteiger partial charge in [-0.2, -0.15) is 0 Å². The predicted octanol–water partition coefficient (Wildman–Crippen LogP) is 1.58. The number of anilines is 1. The smallest absolute Gasteiger partial charge is 0.338 e. The SMILES string of the molecule is CC(C)OC(=O)c1cc(NCC(O)CO)cc(C(=O)OC(C)C)c1. The van der Waals surface area contributed by atoms with Crippen LogP contribution in [0, 0.1) is 0 Å². The average Bonchev–Trinajstić information content (AvgIpc) is 2.50. The number of nitrogens with one attached hydrogen (secondary N) is 1. The molecule has 1 rings (SSSR count). The van der Waals surface area contributed by atoms with Crippen molar-refractivity contribution in [3.63, 3.8) is 0 Å². The molecule has 0 bridgehead atoms. The van der Waals surface area contributed by atoms with E-state index in [9.17, 15) is 14.7 Å². The maximum absolute atomic E-state index is 12.1. The molecule has 24 heavy (non-hydrogen) atoms. The summed E-state index contributed by atoms with van der Waals surface area (Å²) in [5.41, 5.74) is 0.835. The largest absolute Gasteiger partial charge is 0.459 e. The summed E-state index contributed by atoms with van der Waals surface area (Å²) in [7, 11) is 0. The van der Waals surface area contributed by atoms with E-state index in [0.717, 1.165) is 0 Å². The lowest BCUT2D eigenvalue weighted by molar-refractivity contribution is 0.0377. The molecule has 1 atom stereocenters. The normalized spacial score (nSPS) is 12.2. The van der Waals surface area contributed by atoms with Crippen molar-refractivity contribution in [1.82, 2.24) is 0 Å². The first-order valence-electron chi connectivity index (χ1n) is 7.82. The van der Waals surface area contributed by atoms with Crippen molar-refractivity contribution >= 4 is 17.6 Å². The second-order valence-corrected chi connectivity index (χ2v) is 5.92. The van der Waals surface area contributed by atoms with Crippen LogP contribution in [0.5, 0.6) is 0 Å². The molecule has 0 fully saturated rings. The van der Waals surface area contributed by atoms with E-state index >= 15 is 0 Å². The number of aliphatic hydroxyl groups excluding tert-OH is 2. The van der Waals surface area contributed by atoms with E-state index in [1.165, 1.54) is 18.2 Å². The van der Waals surface area contributed by atoms with Gasteiger partial charge in [-0.3, -0.25) is 0 Å². The minimum Gasteiger partial charge on any atom is -0.459 e. The van der Waals surface area contributed by atoms with Crippen molar-refractivity contribution in [2.45, 2.75) is 46.0 Å². The van der Waals surface area contributed by atoms with Crippen LogP contribution in [0.1, 0.15) is 48.4 Å². The van der Waals surface area contributed by atoms with Crippen molar-refractivity contribution < 1.29 is 29.3 Å². The van der Waals surface area contributed by atoms with E-state index in [2.05, 4.69) is 5.32 Å². The Morgan fingerprint density at radius 2 is 1.46 bits per heavy atom. The zero-order chi connectivity index (χ0) is 18.3. The zero-order valence-electron chi connectivity index (χ0n) is 14.4. The van der Waals surface area contributed by atoms with Gasteiger partial charge in [-0.05, 0) is 45.9 Å². The Kier molecular flexibility index (Phi) is 7.67. The highest BCUT2D eigenvalue weighted by atomic mass is 16.5. The molecule has 1 aromatic carbocycles. The van der Waals surface area contributed by atoms with Gasteiger partial charge in [0.05, 0.1) is 36.0 Å². The van der Waals surface area contributed by atoms with E-state index in [0.29, 0.717) is 5.69 Å². The van der Waals surface area contributed by atoms with E-state index < -0.39 is 24.6 Å². The molecular formula is C17H25NO6. The zero-order valence-corrected chi connectivity index (χ0v) is 14.4. The Balaban J connectivity index is 3.08. The number of carbonyl (C=O) groups excluding carboxylic acids is 2. The number of carbonyl (C=O) groups is 2. The fourth-order valence-electron chi connectivity index (χ4n) is 1.83. The number of aliphatic hydroxyl groups is 2. The molecule has 3 N–H and O–H groups in total. The minimum atomic E-state index is -0.956. The third-order valence-electron chi connectivity index (χ3n) is 2.84. The number of rotatable bonds is 8. The molecule has 0 aromatic heterocycles. The van der Waals surface area contributed by atoms with E-state index in [4.69, 9.17) is 14.6 Å². The van der Waals surface area contributed by atoms with Crippen LogP contribution >= 0.6 is 0 Å². The summed E-state index contributed by atoms with van der Waals surface area (Å²) < 4.78 is 10.3. The highest BCUT2D eigenvalue weighted by molar-refractivity contribution is 5.97. The summed E-state index contributed by atoms with van der Waals surface area (Å²) in [6, 6.07) is 4.44. The fraction of sp³-hybridized carbons (Fsp3) is 0.529. The van der Waals surface area contributed by atoms with Crippen LogP contribution < -0.4 is 5.32 Å². The molecule has 0 radical (unpaired) electrons. The number of esters is 2. The number of ether oxygens (including phenoxy) is 2. The first-order chi connectivity index (χ1) is 11.2. The Hall–Kier alpha value is -2.12. The van der Waals surface area contributed by atoms with Crippen molar-refractivity contribution in [3.8, 4) is 0 Å². The van der Waals surface area contributed by atoms with Crippen LogP contribution in [0.2, 0.25) is 0 Å². The summed E-state index contributed by atoms with van der Waals surface area (Å²) in [6.07, 6.45) is -1.55. The summed E-state index contributed by atoms with van der Waals surface area (Å²) in [5.74, 6) is -1.12. The van der Waals surface area contributed by atoms with Crippen LogP contribution in [-0.4, -0.2) is 53.6 Å². The first kappa shape index (κ1) is 19.9. The molecular weight excluding hydrogens is 314 g/mol. The van der Waals surface area contributed by atoms with Crippen LogP contribution in [0.25, 0.3) is 0 Å². The molecule has 0 heterocycles. The molecule has 7 heteroatoms. The Morgan fingerprint density at radius 3 is 1.83 bits per heavy atom. The van der Waals surface area contributed by atoms with Gasteiger partial charge in [0.25, 0.3) is 0 Å². The van der Waals surface area contributed by atoms with Crippen LogP contribution in [0.3, 0.4) is 0 Å². The van der Waals surface area contributed by atoms with Crippen LogP contribution in [0.4, 0.5) is 5.69 Å². The lowest BCUT2D eigenvalue weighted by Crippen LogP contribution is -2.23. The van der Waals surface area contributed by atoms with Crippen LogP contribution in [-0.2, 0) is 9.47 Å². The molecule has 7 nitrogen and oxygen atoms in total. The Labute approximate surface area is 141 Å². The maximum Gasteiger partial charge on any atom is 0.338 e. The minimum absolute atomic E-state index is 0.0673. The van der Waals surface area contributed by atoms with E-state index in [1.807, 2.05) is 0 Å². The van der Waals surface area contributed by atoms with Gasteiger partial charge >= 0.3 is 11.9 Å². The standard InChI is InChI=1S/C17H25NO6/c1-10(2)23-16(21)12-5-13(17(22)24-11(3)4)7-14(6-12)18-8-15(20)9-19/h5-7,10-11,15,18-20H,8-9H2,1-4H3. The molecule has 0 saturated carbocycles. The number of hydrogen-bond acceptors (Lipinski definition) is 7. The third kappa shape index (κ3) is 6.55. The van der Waals surface area contributed by atoms with Gasteiger partial charge < -0.3 is 25.0 Å². The highest BCUT2D eigenvalue weighted by Crippen LogP contribution is 2.18. The Bertz CT molecular complexity index is 530. The van der Waals surface area contributed by atoms with Crippen molar-refractivity contribution in [2.75, 3.05) is 18.5 Å². The molecule has 0 spiro atoms. The number of benzene rings is 1. The quantitative estimate of drug-likeness (QED) is 0.618. The van der Waals surface area contributed by atoms with Gasteiger partial charge in [0.1, 0.15) is 0 Å². The van der Waals surface area contributed by atoms with Gasteiger partial charge in [-0.25, -0.2) is 9.59 Å². The second kappa shape index (κ2) is 9.24. The Morgan fingerprint density at radius 1 is 1.00 bits per heavy atom. The predicted molar refractivity (Wildman–Crippen MR) is 89.1 cm³/mol. The van der Waals surface area contributed by atoms with E-state index in [1.54, 1.807) is 27.7 Å². The number of hydrogen-bond donors (Lipinski definition) is 3. The lowest BCUT2D eigenvalue weighted by atomic mass is 10.1. The molecule has 0 aliphatic rings. The van der Waals surface area contributed by atoms with Gasteiger partial charge in [-0.15, -0.1) is 0 Å². The molecule has 1 unspecified atom stereocenters. The fourth-order valence-corrected chi connectivity index (χ4v) is 1.83. The second-order valence-electron chi connectivity index (χ2n) is 5.92. The molecule has 134 valence electrons. The topological polar surface area (TPSA) is 105 Å². The summed E-state index contributed by atoms with van der Waals surface area (Å²) in [4.78, 5) is 24.2. The summed E-state index contributed by atoms with van der Waals surface area (Å²) in [5, 5.41) is 21.1.